The summed E-state index contributed by atoms with van der Waals surface area (Å²) in [4.78, 5) is 26.7. The van der Waals surface area contributed by atoms with Gasteiger partial charge < -0.3 is 15.0 Å². The summed E-state index contributed by atoms with van der Waals surface area (Å²) in [6.07, 6.45) is 3.85. The number of piperazine rings is 1. The zero-order chi connectivity index (χ0) is 22.2. The molecule has 0 bridgehead atoms. The number of benzene rings is 1. The maximum Gasteiger partial charge on any atom is 0.252 e. The molecule has 7 heteroatoms. The average molecular weight is 434 g/mol. The SMILES string of the molecule is CCCCOc1cc(C(=O)NCCN2CCN(c3ccccn3)CC2)c2ccccc2n1. The molecule has 1 N–H and O–H groups in total. The molecule has 3 aromatic rings. The lowest BCUT2D eigenvalue weighted by Gasteiger charge is -2.35. The number of pyridine rings is 2. The van der Waals surface area contributed by atoms with E-state index in [1.807, 2.05) is 42.6 Å². The fraction of sp³-hybridized carbons (Fsp3) is 0.400. The van der Waals surface area contributed by atoms with Crippen LogP contribution < -0.4 is 15.0 Å². The van der Waals surface area contributed by atoms with Crippen molar-refractivity contribution >= 4 is 22.6 Å². The lowest BCUT2D eigenvalue weighted by atomic mass is 10.1. The minimum Gasteiger partial charge on any atom is -0.478 e. The first-order valence-electron chi connectivity index (χ1n) is 11.4. The number of anilines is 1. The van der Waals surface area contributed by atoms with Crippen molar-refractivity contribution in [1.82, 2.24) is 20.2 Å². The molecule has 1 aliphatic rings. The molecule has 1 saturated heterocycles. The summed E-state index contributed by atoms with van der Waals surface area (Å²) < 4.78 is 5.78. The van der Waals surface area contributed by atoms with E-state index in [0.29, 0.717) is 24.6 Å². The molecule has 0 spiro atoms. The predicted octanol–water partition coefficient (Wildman–Crippen LogP) is 3.36. The van der Waals surface area contributed by atoms with Gasteiger partial charge in [0.15, 0.2) is 0 Å². The van der Waals surface area contributed by atoms with Crippen LogP contribution in [0.15, 0.2) is 54.7 Å². The Bertz CT molecular complexity index is 1020. The third kappa shape index (κ3) is 5.53. The number of para-hydroxylation sites is 1. The Morgan fingerprint density at radius 1 is 1.09 bits per heavy atom. The molecule has 0 atom stereocenters. The highest BCUT2D eigenvalue weighted by Gasteiger charge is 2.18. The van der Waals surface area contributed by atoms with Gasteiger partial charge in [-0.25, -0.2) is 9.97 Å². The summed E-state index contributed by atoms with van der Waals surface area (Å²) in [5.41, 5.74) is 1.39. The van der Waals surface area contributed by atoms with Crippen molar-refractivity contribution in [2.75, 3.05) is 50.8 Å². The smallest absolute Gasteiger partial charge is 0.252 e. The van der Waals surface area contributed by atoms with Crippen molar-refractivity contribution in [2.45, 2.75) is 19.8 Å². The minimum absolute atomic E-state index is 0.0870. The van der Waals surface area contributed by atoms with Gasteiger partial charge in [0.1, 0.15) is 5.82 Å². The highest BCUT2D eigenvalue weighted by Crippen LogP contribution is 2.22. The first kappa shape index (κ1) is 22.0. The van der Waals surface area contributed by atoms with Crippen LogP contribution in [-0.4, -0.2) is 66.7 Å². The molecule has 0 unspecified atom stereocenters. The van der Waals surface area contributed by atoms with Crippen LogP contribution in [0.4, 0.5) is 5.82 Å². The van der Waals surface area contributed by atoms with Gasteiger partial charge in [0.05, 0.1) is 17.7 Å². The summed E-state index contributed by atoms with van der Waals surface area (Å²) in [5.74, 6) is 1.45. The molecular formula is C25H31N5O2. The maximum absolute atomic E-state index is 13.0. The molecule has 2 aromatic heterocycles. The van der Waals surface area contributed by atoms with Crippen LogP contribution in [0.3, 0.4) is 0 Å². The Balaban J connectivity index is 1.32. The van der Waals surface area contributed by atoms with E-state index < -0.39 is 0 Å². The number of unbranched alkanes of at least 4 members (excludes halogenated alkanes) is 1. The van der Waals surface area contributed by atoms with Crippen LogP contribution in [0.1, 0.15) is 30.1 Å². The lowest BCUT2D eigenvalue weighted by molar-refractivity contribution is 0.0949. The summed E-state index contributed by atoms with van der Waals surface area (Å²) in [6.45, 7) is 7.95. The second kappa shape index (κ2) is 10.9. The first-order chi connectivity index (χ1) is 15.7. The number of amides is 1. The van der Waals surface area contributed by atoms with E-state index in [0.717, 1.165) is 62.3 Å². The standard InChI is InChI=1S/C25H31N5O2/c1-2-3-18-32-24-19-21(20-8-4-5-9-22(20)28-24)25(31)27-12-13-29-14-16-30(17-15-29)23-10-6-7-11-26-23/h4-11,19H,2-3,12-18H2,1H3,(H,27,31). The van der Waals surface area contributed by atoms with E-state index >= 15 is 0 Å². The monoisotopic (exact) mass is 433 g/mol. The van der Waals surface area contributed by atoms with Gasteiger partial charge in [-0.2, -0.15) is 0 Å². The van der Waals surface area contributed by atoms with Crippen molar-refractivity contribution in [3.05, 3.63) is 60.3 Å². The number of fused-ring (bicyclic) bond motifs is 1. The largest absolute Gasteiger partial charge is 0.478 e. The quantitative estimate of drug-likeness (QED) is 0.522. The number of nitrogens with zero attached hydrogens (tertiary/aromatic N) is 4. The number of aromatic nitrogens is 2. The molecule has 0 saturated carbocycles. The van der Waals surface area contributed by atoms with Crippen LogP contribution in [0.2, 0.25) is 0 Å². The fourth-order valence-electron chi connectivity index (χ4n) is 3.90. The molecule has 1 aromatic carbocycles. The third-order valence-electron chi connectivity index (χ3n) is 5.74. The van der Waals surface area contributed by atoms with Crippen molar-refractivity contribution in [3.63, 3.8) is 0 Å². The second-order valence-electron chi connectivity index (χ2n) is 8.00. The van der Waals surface area contributed by atoms with Gasteiger partial charge in [-0.15, -0.1) is 0 Å². The molecule has 1 fully saturated rings. The predicted molar refractivity (Wildman–Crippen MR) is 127 cm³/mol. The lowest BCUT2D eigenvalue weighted by Crippen LogP contribution is -2.48. The normalized spacial score (nSPS) is 14.5. The molecule has 7 nitrogen and oxygen atoms in total. The number of ether oxygens (including phenoxy) is 1. The Kier molecular flexibility index (Phi) is 7.51. The third-order valence-corrected chi connectivity index (χ3v) is 5.74. The summed E-state index contributed by atoms with van der Waals surface area (Å²) in [6, 6.07) is 15.5. The Morgan fingerprint density at radius 3 is 2.69 bits per heavy atom. The second-order valence-corrected chi connectivity index (χ2v) is 8.00. The number of hydrogen-bond acceptors (Lipinski definition) is 6. The first-order valence-corrected chi connectivity index (χ1v) is 11.4. The molecular weight excluding hydrogens is 402 g/mol. The van der Waals surface area contributed by atoms with Gasteiger partial charge in [-0.1, -0.05) is 37.6 Å². The van der Waals surface area contributed by atoms with Crippen molar-refractivity contribution < 1.29 is 9.53 Å². The van der Waals surface area contributed by atoms with Crippen molar-refractivity contribution in [1.29, 1.82) is 0 Å². The Labute approximate surface area is 189 Å². The van der Waals surface area contributed by atoms with Crippen molar-refractivity contribution in [2.24, 2.45) is 0 Å². The number of hydrogen-bond donors (Lipinski definition) is 1. The molecule has 3 heterocycles. The van der Waals surface area contributed by atoms with Gasteiger partial charge in [0.25, 0.3) is 5.91 Å². The zero-order valence-corrected chi connectivity index (χ0v) is 18.7. The van der Waals surface area contributed by atoms with E-state index in [-0.39, 0.29) is 5.91 Å². The van der Waals surface area contributed by atoms with Gasteiger partial charge in [-0.05, 0) is 24.6 Å². The van der Waals surface area contributed by atoms with E-state index in [9.17, 15) is 4.79 Å². The zero-order valence-electron chi connectivity index (χ0n) is 18.7. The van der Waals surface area contributed by atoms with Crippen molar-refractivity contribution in [3.8, 4) is 5.88 Å². The highest BCUT2D eigenvalue weighted by atomic mass is 16.5. The van der Waals surface area contributed by atoms with Crippen LogP contribution >= 0.6 is 0 Å². The summed E-state index contributed by atoms with van der Waals surface area (Å²) >= 11 is 0. The number of nitrogens with one attached hydrogen (secondary N) is 1. The molecule has 32 heavy (non-hydrogen) atoms. The van der Waals surface area contributed by atoms with Crippen LogP contribution in [0, 0.1) is 0 Å². The molecule has 168 valence electrons. The fourth-order valence-corrected chi connectivity index (χ4v) is 3.90. The minimum atomic E-state index is -0.0870. The summed E-state index contributed by atoms with van der Waals surface area (Å²) in [5, 5.41) is 3.93. The molecule has 0 radical (unpaired) electrons. The average Bonchev–Trinajstić information content (AvgIpc) is 2.84. The van der Waals surface area contributed by atoms with Gasteiger partial charge in [0, 0.05) is 56.9 Å². The van der Waals surface area contributed by atoms with E-state index in [1.54, 1.807) is 6.07 Å². The van der Waals surface area contributed by atoms with E-state index in [1.165, 1.54) is 0 Å². The van der Waals surface area contributed by atoms with E-state index in [4.69, 9.17) is 4.74 Å². The number of rotatable bonds is 9. The maximum atomic E-state index is 13.0. The Hall–Kier alpha value is -3.19. The Morgan fingerprint density at radius 2 is 1.91 bits per heavy atom. The molecule has 1 aliphatic heterocycles. The highest BCUT2D eigenvalue weighted by molar-refractivity contribution is 6.06. The summed E-state index contributed by atoms with van der Waals surface area (Å²) in [7, 11) is 0. The molecule has 1 amide bonds. The number of carbonyl (C=O) groups is 1. The molecule has 0 aliphatic carbocycles. The van der Waals surface area contributed by atoms with Crippen LogP contribution in [0.25, 0.3) is 10.9 Å². The van der Waals surface area contributed by atoms with Crippen LogP contribution in [-0.2, 0) is 0 Å². The number of carbonyl (C=O) groups excluding carboxylic acids is 1. The molecule has 4 rings (SSSR count). The van der Waals surface area contributed by atoms with Crippen LogP contribution in [0.5, 0.6) is 5.88 Å². The van der Waals surface area contributed by atoms with Gasteiger partial charge in [-0.3, -0.25) is 9.69 Å². The topological polar surface area (TPSA) is 70.6 Å². The van der Waals surface area contributed by atoms with Gasteiger partial charge in [0.2, 0.25) is 5.88 Å². The van der Waals surface area contributed by atoms with E-state index in [2.05, 4.69) is 38.1 Å². The van der Waals surface area contributed by atoms with Gasteiger partial charge >= 0.3 is 0 Å².